The van der Waals surface area contributed by atoms with E-state index in [1.54, 1.807) is 24.3 Å². The number of hydrogen-bond acceptors (Lipinski definition) is 4. The van der Waals surface area contributed by atoms with Crippen LogP contribution in [0.2, 0.25) is 0 Å². The number of allylic oxidation sites excluding steroid dienone is 2. The van der Waals surface area contributed by atoms with E-state index in [1.807, 2.05) is 6.07 Å². The molecule has 1 aromatic carbocycles. The fourth-order valence-electron chi connectivity index (χ4n) is 2.04. The van der Waals surface area contributed by atoms with Crippen molar-refractivity contribution in [2.75, 3.05) is 14.2 Å². The van der Waals surface area contributed by atoms with E-state index in [-0.39, 0.29) is 28.7 Å². The Morgan fingerprint density at radius 3 is 2.50 bits per heavy atom. The van der Waals surface area contributed by atoms with Crippen LogP contribution in [0.4, 0.5) is 0 Å². The van der Waals surface area contributed by atoms with Crippen LogP contribution < -0.4 is 0 Å². The summed E-state index contributed by atoms with van der Waals surface area (Å²) in [5.41, 5.74) is 1.65. The predicted octanol–water partition coefficient (Wildman–Crippen LogP) is 2.37. The Labute approximate surface area is 117 Å². The van der Waals surface area contributed by atoms with Crippen molar-refractivity contribution in [1.82, 2.24) is 0 Å². The summed E-state index contributed by atoms with van der Waals surface area (Å²) in [6, 6.07) is 7.15. The number of carbonyl (C=O) groups is 2. The molecule has 0 aromatic heterocycles. The molecular formula is C16H14O4. The molecule has 0 spiro atoms. The summed E-state index contributed by atoms with van der Waals surface area (Å²) < 4.78 is 10.0. The van der Waals surface area contributed by atoms with Gasteiger partial charge in [-0.3, -0.25) is 9.59 Å². The SMILES string of the molecule is C=Cc1cccc(C2=C(OC)C(=O)C=C(OC)C2=O)c1. The molecule has 20 heavy (non-hydrogen) atoms. The Kier molecular flexibility index (Phi) is 3.84. The van der Waals surface area contributed by atoms with Crippen LogP contribution in [0.5, 0.6) is 0 Å². The van der Waals surface area contributed by atoms with Gasteiger partial charge in [0.25, 0.3) is 0 Å². The van der Waals surface area contributed by atoms with E-state index in [2.05, 4.69) is 6.58 Å². The van der Waals surface area contributed by atoms with E-state index in [1.165, 1.54) is 14.2 Å². The highest BCUT2D eigenvalue weighted by molar-refractivity contribution is 6.36. The third-order valence-corrected chi connectivity index (χ3v) is 3.00. The molecule has 0 heterocycles. The monoisotopic (exact) mass is 270 g/mol. The quantitative estimate of drug-likeness (QED) is 0.788. The van der Waals surface area contributed by atoms with Crippen molar-refractivity contribution in [1.29, 1.82) is 0 Å². The zero-order valence-electron chi connectivity index (χ0n) is 11.3. The summed E-state index contributed by atoms with van der Waals surface area (Å²) in [6.07, 6.45) is 2.81. The smallest absolute Gasteiger partial charge is 0.232 e. The Morgan fingerprint density at radius 2 is 1.90 bits per heavy atom. The van der Waals surface area contributed by atoms with E-state index in [9.17, 15) is 9.59 Å². The fraction of sp³-hybridized carbons (Fsp3) is 0.125. The Balaban J connectivity index is 2.63. The van der Waals surface area contributed by atoms with Gasteiger partial charge in [0.15, 0.2) is 11.5 Å². The molecule has 0 aliphatic heterocycles. The maximum absolute atomic E-state index is 12.4. The van der Waals surface area contributed by atoms with Crippen molar-refractivity contribution in [3.05, 3.63) is 59.6 Å². The van der Waals surface area contributed by atoms with Crippen LogP contribution >= 0.6 is 0 Å². The van der Waals surface area contributed by atoms with E-state index in [0.717, 1.165) is 11.6 Å². The summed E-state index contributed by atoms with van der Waals surface area (Å²) in [5.74, 6) is -0.722. The standard InChI is InChI=1S/C16H14O4/c1-4-10-6-5-7-11(8-10)14-15(18)13(19-2)9-12(17)16(14)20-3/h4-9H,1H2,2-3H3. The van der Waals surface area contributed by atoms with Crippen molar-refractivity contribution in [2.45, 2.75) is 0 Å². The first-order chi connectivity index (χ1) is 9.62. The second kappa shape index (κ2) is 5.57. The summed E-state index contributed by atoms with van der Waals surface area (Å²) in [4.78, 5) is 24.3. The minimum absolute atomic E-state index is 0.00908. The van der Waals surface area contributed by atoms with Crippen LogP contribution in [-0.2, 0) is 19.1 Å². The lowest BCUT2D eigenvalue weighted by molar-refractivity contribution is -0.118. The molecule has 102 valence electrons. The van der Waals surface area contributed by atoms with Crippen molar-refractivity contribution in [3.8, 4) is 0 Å². The average molecular weight is 270 g/mol. The third-order valence-electron chi connectivity index (χ3n) is 3.00. The minimum atomic E-state index is -0.386. The van der Waals surface area contributed by atoms with Crippen molar-refractivity contribution in [2.24, 2.45) is 0 Å². The van der Waals surface area contributed by atoms with Gasteiger partial charge in [-0.05, 0) is 17.2 Å². The van der Waals surface area contributed by atoms with Gasteiger partial charge in [-0.25, -0.2) is 0 Å². The zero-order chi connectivity index (χ0) is 14.7. The van der Waals surface area contributed by atoms with Crippen LogP contribution in [0.15, 0.2) is 48.4 Å². The molecule has 0 saturated carbocycles. The zero-order valence-corrected chi connectivity index (χ0v) is 11.3. The van der Waals surface area contributed by atoms with Gasteiger partial charge in [0, 0.05) is 6.08 Å². The molecule has 1 aromatic rings. The number of Topliss-reactive ketones (excluding diaryl/α,β-unsaturated/α-hetero) is 1. The number of ketones is 2. The third kappa shape index (κ3) is 2.28. The summed E-state index contributed by atoms with van der Waals surface area (Å²) in [6.45, 7) is 3.69. The molecule has 2 rings (SSSR count). The topological polar surface area (TPSA) is 52.6 Å². The lowest BCUT2D eigenvalue weighted by Crippen LogP contribution is -2.20. The van der Waals surface area contributed by atoms with Crippen LogP contribution in [0.3, 0.4) is 0 Å². The van der Waals surface area contributed by atoms with Gasteiger partial charge in [0.1, 0.15) is 0 Å². The molecular weight excluding hydrogens is 256 g/mol. The lowest BCUT2D eigenvalue weighted by atomic mass is 9.92. The Morgan fingerprint density at radius 1 is 1.15 bits per heavy atom. The second-order valence-electron chi connectivity index (χ2n) is 4.14. The van der Waals surface area contributed by atoms with Gasteiger partial charge >= 0.3 is 0 Å². The molecule has 0 amide bonds. The number of hydrogen-bond donors (Lipinski definition) is 0. The minimum Gasteiger partial charge on any atom is -0.492 e. The van der Waals surface area contributed by atoms with Gasteiger partial charge in [-0.1, -0.05) is 30.9 Å². The molecule has 0 N–H and O–H groups in total. The summed E-state index contributed by atoms with van der Waals surface area (Å²) in [5, 5.41) is 0. The molecule has 1 aliphatic carbocycles. The first-order valence-electron chi connectivity index (χ1n) is 5.98. The van der Waals surface area contributed by atoms with Gasteiger partial charge in [-0.2, -0.15) is 0 Å². The Hall–Kier alpha value is -2.62. The predicted molar refractivity (Wildman–Crippen MR) is 75.6 cm³/mol. The van der Waals surface area contributed by atoms with E-state index >= 15 is 0 Å². The van der Waals surface area contributed by atoms with E-state index in [4.69, 9.17) is 9.47 Å². The van der Waals surface area contributed by atoms with Crippen molar-refractivity contribution >= 4 is 23.2 Å². The molecule has 0 bridgehead atoms. The highest BCUT2D eigenvalue weighted by Crippen LogP contribution is 2.29. The van der Waals surface area contributed by atoms with Crippen LogP contribution in [0.25, 0.3) is 11.6 Å². The van der Waals surface area contributed by atoms with Crippen LogP contribution in [0, 0.1) is 0 Å². The van der Waals surface area contributed by atoms with E-state index in [0.29, 0.717) is 5.56 Å². The maximum Gasteiger partial charge on any atom is 0.232 e. The average Bonchev–Trinajstić information content (AvgIpc) is 2.48. The first kappa shape index (κ1) is 13.8. The lowest BCUT2D eigenvalue weighted by Gasteiger charge is -2.17. The van der Waals surface area contributed by atoms with Crippen molar-refractivity contribution < 1.29 is 19.1 Å². The molecule has 0 unspecified atom stereocenters. The fourth-order valence-corrected chi connectivity index (χ4v) is 2.04. The number of carbonyl (C=O) groups excluding carboxylic acids is 2. The highest BCUT2D eigenvalue weighted by atomic mass is 16.5. The van der Waals surface area contributed by atoms with Crippen molar-refractivity contribution in [3.63, 3.8) is 0 Å². The van der Waals surface area contributed by atoms with Crippen LogP contribution in [-0.4, -0.2) is 25.8 Å². The number of benzene rings is 1. The number of rotatable bonds is 4. The molecule has 4 nitrogen and oxygen atoms in total. The maximum atomic E-state index is 12.4. The molecule has 0 saturated heterocycles. The summed E-state index contributed by atoms with van der Waals surface area (Å²) >= 11 is 0. The molecule has 0 radical (unpaired) electrons. The summed E-state index contributed by atoms with van der Waals surface area (Å²) in [7, 11) is 2.72. The molecule has 4 heteroatoms. The number of ether oxygens (including phenoxy) is 2. The van der Waals surface area contributed by atoms with Gasteiger partial charge in [0.2, 0.25) is 11.6 Å². The van der Waals surface area contributed by atoms with Gasteiger partial charge in [-0.15, -0.1) is 0 Å². The highest BCUT2D eigenvalue weighted by Gasteiger charge is 2.31. The normalized spacial score (nSPS) is 15.0. The Bertz CT molecular complexity index is 650. The largest absolute Gasteiger partial charge is 0.492 e. The van der Waals surface area contributed by atoms with Gasteiger partial charge < -0.3 is 9.47 Å². The molecule has 0 fully saturated rings. The molecule has 1 aliphatic rings. The number of methoxy groups -OCH3 is 2. The van der Waals surface area contributed by atoms with Gasteiger partial charge in [0.05, 0.1) is 19.8 Å². The van der Waals surface area contributed by atoms with Crippen LogP contribution in [0.1, 0.15) is 11.1 Å². The molecule has 0 atom stereocenters. The second-order valence-corrected chi connectivity index (χ2v) is 4.14. The van der Waals surface area contributed by atoms with E-state index < -0.39 is 0 Å². The first-order valence-corrected chi connectivity index (χ1v) is 5.98.